The number of carbonyl (C=O) groups is 1. The van der Waals surface area contributed by atoms with Crippen LogP contribution in [0.5, 0.6) is 0 Å². The molecule has 0 bridgehead atoms. The number of hydrogen-bond acceptors (Lipinski definition) is 5. The van der Waals surface area contributed by atoms with E-state index in [0.717, 1.165) is 0 Å². The van der Waals surface area contributed by atoms with E-state index in [0.29, 0.717) is 26.2 Å². The van der Waals surface area contributed by atoms with Crippen molar-refractivity contribution in [1.29, 1.82) is 0 Å². The van der Waals surface area contributed by atoms with Crippen molar-refractivity contribution in [3.05, 3.63) is 0 Å². The highest BCUT2D eigenvalue weighted by molar-refractivity contribution is 7.89. The third-order valence-electron chi connectivity index (χ3n) is 3.36. The Kier molecular flexibility index (Phi) is 6.38. The van der Waals surface area contributed by atoms with E-state index in [-0.39, 0.29) is 18.5 Å². The maximum absolute atomic E-state index is 12.1. The molecule has 1 heterocycles. The van der Waals surface area contributed by atoms with Crippen LogP contribution in [-0.4, -0.2) is 79.4 Å². The zero-order chi connectivity index (χ0) is 15.3. The second-order valence-electron chi connectivity index (χ2n) is 5.18. The Labute approximate surface area is 120 Å². The molecule has 7 nitrogen and oxygen atoms in total. The summed E-state index contributed by atoms with van der Waals surface area (Å²) < 4.78 is 30.9. The number of rotatable bonds is 7. The van der Waals surface area contributed by atoms with Crippen LogP contribution in [-0.2, 0) is 19.6 Å². The molecule has 1 aliphatic heterocycles. The third-order valence-corrected chi connectivity index (χ3v) is 5.20. The van der Waals surface area contributed by atoms with Gasteiger partial charge < -0.3 is 9.84 Å². The molecule has 1 aliphatic rings. The molecule has 0 aromatic heterocycles. The van der Waals surface area contributed by atoms with E-state index in [2.05, 4.69) is 0 Å². The molecule has 1 atom stereocenters. The molecule has 0 aliphatic carbocycles. The first-order chi connectivity index (χ1) is 9.24. The molecular formula is C12H24N2O5S. The average Bonchev–Trinajstić information content (AvgIpc) is 2.37. The first kappa shape index (κ1) is 17.4. The Morgan fingerprint density at radius 3 is 2.20 bits per heavy atom. The van der Waals surface area contributed by atoms with Gasteiger partial charge in [-0.15, -0.1) is 0 Å². The smallest absolute Gasteiger partial charge is 0.320 e. The van der Waals surface area contributed by atoms with Gasteiger partial charge in [-0.1, -0.05) is 0 Å². The summed E-state index contributed by atoms with van der Waals surface area (Å²) in [5, 5.41) is 8.94. The molecule has 0 radical (unpaired) electrons. The largest absolute Gasteiger partial charge is 0.480 e. The van der Waals surface area contributed by atoms with E-state index in [1.807, 2.05) is 13.8 Å². The SMILES string of the molecule is CC(C)OCCS(=O)(=O)N1CCN(C(C)C(=O)O)CC1. The summed E-state index contributed by atoms with van der Waals surface area (Å²) in [5.74, 6) is -0.911. The van der Waals surface area contributed by atoms with Gasteiger partial charge in [-0.3, -0.25) is 9.69 Å². The first-order valence-electron chi connectivity index (χ1n) is 6.80. The average molecular weight is 308 g/mol. The molecule has 0 aromatic rings. The molecule has 1 rings (SSSR count). The minimum absolute atomic E-state index is 0.0125. The zero-order valence-electron chi connectivity index (χ0n) is 12.3. The molecule has 0 aromatic carbocycles. The predicted molar refractivity (Wildman–Crippen MR) is 75.1 cm³/mol. The number of nitrogens with zero attached hydrogens (tertiary/aromatic N) is 2. The van der Waals surface area contributed by atoms with Crippen LogP contribution in [0.25, 0.3) is 0 Å². The summed E-state index contributed by atoms with van der Waals surface area (Å²) in [6.45, 7) is 7.07. The van der Waals surface area contributed by atoms with Crippen molar-refractivity contribution in [1.82, 2.24) is 9.21 Å². The van der Waals surface area contributed by atoms with Gasteiger partial charge in [-0.25, -0.2) is 8.42 Å². The fourth-order valence-corrected chi connectivity index (χ4v) is 3.33. The molecule has 0 saturated carbocycles. The number of carboxylic acid groups (broad SMARTS) is 1. The van der Waals surface area contributed by atoms with Crippen LogP contribution >= 0.6 is 0 Å². The van der Waals surface area contributed by atoms with Crippen molar-refractivity contribution >= 4 is 16.0 Å². The second-order valence-corrected chi connectivity index (χ2v) is 7.27. The molecule has 20 heavy (non-hydrogen) atoms. The van der Waals surface area contributed by atoms with Crippen molar-refractivity contribution in [2.24, 2.45) is 0 Å². The second kappa shape index (κ2) is 7.35. The first-order valence-corrected chi connectivity index (χ1v) is 8.41. The highest BCUT2D eigenvalue weighted by atomic mass is 32.2. The van der Waals surface area contributed by atoms with Gasteiger partial charge in [0.15, 0.2) is 0 Å². The van der Waals surface area contributed by atoms with Gasteiger partial charge in [-0.2, -0.15) is 4.31 Å². The summed E-state index contributed by atoms with van der Waals surface area (Å²) in [6.07, 6.45) is 0.0125. The number of sulfonamides is 1. The minimum Gasteiger partial charge on any atom is -0.480 e. The van der Waals surface area contributed by atoms with Gasteiger partial charge in [0, 0.05) is 26.2 Å². The van der Waals surface area contributed by atoms with E-state index < -0.39 is 22.0 Å². The molecular weight excluding hydrogens is 284 g/mol. The van der Waals surface area contributed by atoms with Gasteiger partial charge in [0.05, 0.1) is 18.5 Å². The molecule has 0 amide bonds. The number of piperazine rings is 1. The zero-order valence-corrected chi connectivity index (χ0v) is 13.1. The molecule has 1 unspecified atom stereocenters. The third kappa shape index (κ3) is 5.01. The van der Waals surface area contributed by atoms with Crippen molar-refractivity contribution in [2.45, 2.75) is 32.9 Å². The summed E-state index contributed by atoms with van der Waals surface area (Å²) in [6, 6.07) is -0.580. The van der Waals surface area contributed by atoms with Crippen LogP contribution in [0.4, 0.5) is 0 Å². The lowest BCUT2D eigenvalue weighted by atomic mass is 10.2. The highest BCUT2D eigenvalue weighted by Gasteiger charge is 2.30. The fraction of sp³-hybridized carbons (Fsp3) is 0.917. The predicted octanol–water partition coefficient (Wildman–Crippen LogP) is -0.168. The lowest BCUT2D eigenvalue weighted by molar-refractivity contribution is -0.143. The van der Waals surface area contributed by atoms with Gasteiger partial charge in [0.25, 0.3) is 0 Å². The Bertz CT molecular complexity index is 416. The van der Waals surface area contributed by atoms with E-state index in [1.165, 1.54) is 4.31 Å². The summed E-state index contributed by atoms with van der Waals surface area (Å²) in [4.78, 5) is 12.7. The Balaban J connectivity index is 2.45. The number of hydrogen-bond donors (Lipinski definition) is 1. The van der Waals surface area contributed by atoms with Crippen molar-refractivity contribution in [3.8, 4) is 0 Å². The normalized spacial score (nSPS) is 20.2. The van der Waals surface area contributed by atoms with Crippen LogP contribution < -0.4 is 0 Å². The van der Waals surface area contributed by atoms with Crippen LogP contribution in [0, 0.1) is 0 Å². The van der Waals surface area contributed by atoms with Gasteiger partial charge in [-0.05, 0) is 20.8 Å². The van der Waals surface area contributed by atoms with Crippen molar-refractivity contribution in [2.75, 3.05) is 38.5 Å². The number of carboxylic acids is 1. The van der Waals surface area contributed by atoms with Crippen molar-refractivity contribution in [3.63, 3.8) is 0 Å². The molecule has 1 fully saturated rings. The molecule has 118 valence electrons. The summed E-state index contributed by atoms with van der Waals surface area (Å²) in [5.41, 5.74) is 0. The standard InChI is InChI=1S/C12H24N2O5S/c1-10(2)19-8-9-20(17,18)14-6-4-13(5-7-14)11(3)12(15)16/h10-11H,4-9H2,1-3H3,(H,15,16). The fourth-order valence-electron chi connectivity index (χ4n) is 2.04. The number of aliphatic carboxylic acids is 1. The van der Waals surface area contributed by atoms with Crippen molar-refractivity contribution < 1.29 is 23.1 Å². The quantitative estimate of drug-likeness (QED) is 0.703. The topological polar surface area (TPSA) is 87.2 Å². The van der Waals surface area contributed by atoms with E-state index >= 15 is 0 Å². The van der Waals surface area contributed by atoms with E-state index in [4.69, 9.17) is 9.84 Å². The van der Waals surface area contributed by atoms with Crippen LogP contribution in [0.15, 0.2) is 0 Å². The Hall–Kier alpha value is -0.700. The van der Waals surface area contributed by atoms with E-state index in [1.54, 1.807) is 11.8 Å². The number of ether oxygens (including phenoxy) is 1. The summed E-state index contributed by atoms with van der Waals surface area (Å²) in [7, 11) is -3.31. The highest BCUT2D eigenvalue weighted by Crippen LogP contribution is 2.11. The monoisotopic (exact) mass is 308 g/mol. The molecule has 8 heteroatoms. The molecule has 1 saturated heterocycles. The van der Waals surface area contributed by atoms with Gasteiger partial charge in [0.1, 0.15) is 6.04 Å². The Morgan fingerprint density at radius 1 is 1.20 bits per heavy atom. The van der Waals surface area contributed by atoms with Crippen LogP contribution in [0.3, 0.4) is 0 Å². The lowest BCUT2D eigenvalue weighted by Gasteiger charge is -2.35. The summed E-state index contributed by atoms with van der Waals surface area (Å²) >= 11 is 0. The van der Waals surface area contributed by atoms with Gasteiger partial charge in [0.2, 0.25) is 10.0 Å². The maximum Gasteiger partial charge on any atom is 0.320 e. The van der Waals surface area contributed by atoms with E-state index in [9.17, 15) is 13.2 Å². The minimum atomic E-state index is -3.31. The van der Waals surface area contributed by atoms with Crippen LogP contribution in [0.1, 0.15) is 20.8 Å². The van der Waals surface area contributed by atoms with Gasteiger partial charge >= 0.3 is 5.97 Å². The lowest BCUT2D eigenvalue weighted by Crippen LogP contribution is -2.53. The molecule has 1 N–H and O–H groups in total. The van der Waals surface area contributed by atoms with Crippen LogP contribution in [0.2, 0.25) is 0 Å². The maximum atomic E-state index is 12.1. The molecule has 0 spiro atoms. The Morgan fingerprint density at radius 2 is 1.75 bits per heavy atom.